The quantitative estimate of drug-likeness (QED) is 0.579. The first-order valence-corrected chi connectivity index (χ1v) is 12.7. The number of nitrogens with zero attached hydrogens (tertiary/aromatic N) is 3. The molecule has 2 aliphatic carbocycles. The number of hydrogen-bond donors (Lipinski definition) is 0. The van der Waals surface area contributed by atoms with E-state index >= 15 is 0 Å². The van der Waals surface area contributed by atoms with E-state index in [4.69, 9.17) is 21.8 Å². The summed E-state index contributed by atoms with van der Waals surface area (Å²) in [6, 6.07) is 1.49. The fourth-order valence-corrected chi connectivity index (χ4v) is 8.24. The molecule has 0 amide bonds. The number of likely N-dealkylation sites (N-methyl/N-ethyl adjacent to an activating group) is 1. The van der Waals surface area contributed by atoms with Crippen LogP contribution in [0.1, 0.15) is 98.9 Å². The van der Waals surface area contributed by atoms with Crippen LogP contribution in [0.2, 0.25) is 0 Å². The number of piperidine rings is 1. The third-order valence-corrected chi connectivity index (χ3v) is 9.94. The lowest BCUT2D eigenvalue weighted by atomic mass is 9.68. The van der Waals surface area contributed by atoms with Gasteiger partial charge in [-0.2, -0.15) is 0 Å². The largest absolute Gasteiger partial charge is 0.300 e. The molecule has 5 heteroatoms. The van der Waals surface area contributed by atoms with Gasteiger partial charge in [0.2, 0.25) is 0 Å². The zero-order chi connectivity index (χ0) is 18.4. The van der Waals surface area contributed by atoms with Gasteiger partial charge in [-0.1, -0.05) is 19.3 Å². The van der Waals surface area contributed by atoms with Crippen molar-refractivity contribution in [2.45, 2.75) is 106 Å². The van der Waals surface area contributed by atoms with Crippen LogP contribution >= 0.6 is 22.9 Å². The van der Waals surface area contributed by atoms with Crippen LogP contribution in [-0.4, -0.2) is 39.6 Å². The second-order valence-electron chi connectivity index (χ2n) is 9.71. The first-order chi connectivity index (χ1) is 13.2. The van der Waals surface area contributed by atoms with Crippen LogP contribution in [0.3, 0.4) is 0 Å². The lowest BCUT2D eigenvalue weighted by Gasteiger charge is -2.46. The Kier molecular flexibility index (Phi) is 5.51. The number of halogens is 1. The maximum atomic E-state index is 6.43. The van der Waals surface area contributed by atoms with Gasteiger partial charge in [0.25, 0.3) is 0 Å². The third-order valence-electron chi connectivity index (χ3n) is 8.32. The van der Waals surface area contributed by atoms with Gasteiger partial charge < -0.3 is 0 Å². The molecule has 5 rings (SSSR count). The second-order valence-corrected chi connectivity index (χ2v) is 11.4. The van der Waals surface area contributed by atoms with Crippen LogP contribution in [0.15, 0.2) is 0 Å². The molecular weight excluding hydrogens is 374 g/mol. The molecule has 1 aromatic rings. The molecule has 4 fully saturated rings. The molecule has 1 aromatic heterocycles. The molecule has 0 spiro atoms. The summed E-state index contributed by atoms with van der Waals surface area (Å²) in [5, 5.41) is 12.7. The molecule has 2 aliphatic heterocycles. The molecule has 0 N–H and O–H groups in total. The van der Waals surface area contributed by atoms with Crippen molar-refractivity contribution in [1.82, 2.24) is 15.1 Å². The van der Waals surface area contributed by atoms with Gasteiger partial charge in [0.1, 0.15) is 10.0 Å². The van der Waals surface area contributed by atoms with E-state index in [1.165, 1.54) is 87.1 Å². The Morgan fingerprint density at radius 3 is 2.41 bits per heavy atom. The fraction of sp³-hybridized carbons (Fsp3) is 0.909. The highest BCUT2D eigenvalue weighted by Gasteiger charge is 2.50. The summed E-state index contributed by atoms with van der Waals surface area (Å²) in [5.74, 6) is 2.95. The standard InChI is InChI=1S/C22H34ClN3S/c1-26-17-11-12-19(26)20(18(13-17)14-7-9-16(23)10-8-14)22-25-24-21(27-22)15-5-3-2-4-6-15/h14-20H,2-13H2,1H3. The fourth-order valence-electron chi connectivity index (χ4n) is 6.74. The van der Waals surface area contributed by atoms with Gasteiger partial charge in [-0.3, -0.25) is 4.90 Å². The van der Waals surface area contributed by atoms with Crippen molar-refractivity contribution in [2.24, 2.45) is 11.8 Å². The van der Waals surface area contributed by atoms with Crippen LogP contribution in [0.5, 0.6) is 0 Å². The zero-order valence-electron chi connectivity index (χ0n) is 16.7. The molecule has 3 heterocycles. The summed E-state index contributed by atoms with van der Waals surface area (Å²) in [4.78, 5) is 2.69. The van der Waals surface area contributed by atoms with Gasteiger partial charge in [-0.25, -0.2) is 0 Å². The second kappa shape index (κ2) is 7.91. The molecule has 0 radical (unpaired) electrons. The Bertz CT molecular complexity index is 635. The molecule has 2 saturated heterocycles. The summed E-state index contributed by atoms with van der Waals surface area (Å²) < 4.78 is 0. The minimum Gasteiger partial charge on any atom is -0.300 e. The zero-order valence-corrected chi connectivity index (χ0v) is 18.2. The average Bonchev–Trinajstić information content (AvgIpc) is 3.26. The maximum Gasteiger partial charge on any atom is 0.122 e. The van der Waals surface area contributed by atoms with Gasteiger partial charge in [-0.15, -0.1) is 33.1 Å². The average molecular weight is 408 g/mol. The highest BCUT2D eigenvalue weighted by atomic mass is 35.5. The molecule has 3 nitrogen and oxygen atoms in total. The summed E-state index contributed by atoms with van der Waals surface area (Å²) in [7, 11) is 2.37. The van der Waals surface area contributed by atoms with Gasteiger partial charge in [0.05, 0.1) is 0 Å². The van der Waals surface area contributed by atoms with E-state index in [0.717, 1.165) is 17.9 Å². The van der Waals surface area contributed by atoms with Crippen molar-refractivity contribution in [3.63, 3.8) is 0 Å². The summed E-state index contributed by atoms with van der Waals surface area (Å²) >= 11 is 8.41. The van der Waals surface area contributed by atoms with Crippen LogP contribution < -0.4 is 0 Å². The predicted molar refractivity (Wildman–Crippen MR) is 113 cm³/mol. The summed E-state index contributed by atoms with van der Waals surface area (Å²) in [5.41, 5.74) is 0. The van der Waals surface area contributed by atoms with Crippen molar-refractivity contribution < 1.29 is 0 Å². The van der Waals surface area contributed by atoms with Crippen molar-refractivity contribution in [3.05, 3.63) is 10.0 Å². The topological polar surface area (TPSA) is 29.0 Å². The number of hydrogen-bond acceptors (Lipinski definition) is 4. The van der Waals surface area contributed by atoms with Crippen LogP contribution in [0.4, 0.5) is 0 Å². The smallest absolute Gasteiger partial charge is 0.122 e. The molecular formula is C22H34ClN3S. The summed E-state index contributed by atoms with van der Waals surface area (Å²) in [6.45, 7) is 0. The Balaban J connectivity index is 1.41. The monoisotopic (exact) mass is 407 g/mol. The number of fused-ring (bicyclic) bond motifs is 2. The molecule has 2 saturated carbocycles. The van der Waals surface area contributed by atoms with Crippen molar-refractivity contribution in [3.8, 4) is 0 Å². The van der Waals surface area contributed by atoms with E-state index in [1.807, 2.05) is 11.3 Å². The van der Waals surface area contributed by atoms with Crippen molar-refractivity contribution in [1.29, 1.82) is 0 Å². The van der Waals surface area contributed by atoms with E-state index < -0.39 is 0 Å². The van der Waals surface area contributed by atoms with Crippen molar-refractivity contribution in [2.75, 3.05) is 7.05 Å². The molecule has 27 heavy (non-hydrogen) atoms. The first kappa shape index (κ1) is 18.8. The van der Waals surface area contributed by atoms with Gasteiger partial charge >= 0.3 is 0 Å². The highest BCUT2D eigenvalue weighted by molar-refractivity contribution is 7.11. The van der Waals surface area contributed by atoms with E-state index in [2.05, 4.69) is 11.9 Å². The molecule has 4 unspecified atom stereocenters. The van der Waals surface area contributed by atoms with E-state index in [-0.39, 0.29) is 0 Å². The van der Waals surface area contributed by atoms with Gasteiger partial charge in [0, 0.05) is 29.3 Å². The highest BCUT2D eigenvalue weighted by Crippen LogP contribution is 2.52. The predicted octanol–water partition coefficient (Wildman–Crippen LogP) is 5.95. The van der Waals surface area contributed by atoms with E-state index in [1.54, 1.807) is 0 Å². The molecule has 2 bridgehead atoms. The van der Waals surface area contributed by atoms with Gasteiger partial charge in [0.15, 0.2) is 0 Å². The molecule has 0 aromatic carbocycles. The molecule has 150 valence electrons. The minimum atomic E-state index is 0.419. The third kappa shape index (κ3) is 3.59. The lowest BCUT2D eigenvalue weighted by Crippen LogP contribution is -2.47. The Hall–Kier alpha value is -0.190. The van der Waals surface area contributed by atoms with Crippen LogP contribution in [0, 0.1) is 11.8 Å². The first-order valence-electron chi connectivity index (χ1n) is 11.4. The number of rotatable bonds is 3. The van der Waals surface area contributed by atoms with Crippen LogP contribution in [-0.2, 0) is 0 Å². The van der Waals surface area contributed by atoms with Gasteiger partial charge in [-0.05, 0) is 76.7 Å². The number of aromatic nitrogens is 2. The Morgan fingerprint density at radius 1 is 0.889 bits per heavy atom. The Labute approximate surface area is 173 Å². The normalized spacial score (nSPS) is 41.1. The Morgan fingerprint density at radius 2 is 1.63 bits per heavy atom. The maximum absolute atomic E-state index is 6.43. The lowest BCUT2D eigenvalue weighted by molar-refractivity contribution is 0.0630. The summed E-state index contributed by atoms with van der Waals surface area (Å²) in [6.07, 6.45) is 16.0. The molecule has 4 aliphatic rings. The number of alkyl halides is 1. The SMILES string of the molecule is CN1C2CCC1C(c1nnc(C3CCCCC3)s1)C(C1CCC(Cl)CC1)C2. The van der Waals surface area contributed by atoms with Crippen LogP contribution in [0.25, 0.3) is 0 Å². The minimum absolute atomic E-state index is 0.419. The van der Waals surface area contributed by atoms with E-state index in [0.29, 0.717) is 23.3 Å². The van der Waals surface area contributed by atoms with Crippen molar-refractivity contribution >= 4 is 22.9 Å². The molecule has 4 atom stereocenters. The van der Waals surface area contributed by atoms with E-state index in [9.17, 15) is 0 Å².